The van der Waals surface area contributed by atoms with Crippen LogP contribution in [0.5, 0.6) is 0 Å². The van der Waals surface area contributed by atoms with Gasteiger partial charge < -0.3 is 21.3 Å². The average molecular weight is 435 g/mol. The van der Waals surface area contributed by atoms with Crippen LogP contribution in [0.3, 0.4) is 0 Å². The first-order valence-corrected chi connectivity index (χ1v) is 12.0. The maximum absolute atomic E-state index is 13.1. The molecule has 3 aliphatic carbocycles. The fourth-order valence-corrected chi connectivity index (χ4v) is 5.30. The molecule has 3 aliphatic rings. The van der Waals surface area contributed by atoms with Crippen LogP contribution < -0.4 is 21.3 Å². The number of amides is 2. The Morgan fingerprint density at radius 1 is 1.03 bits per heavy atom. The van der Waals surface area contributed by atoms with Crippen LogP contribution in [0.1, 0.15) is 59.8 Å². The number of hydrogen-bond acceptors (Lipinski definition) is 4. The van der Waals surface area contributed by atoms with Crippen molar-refractivity contribution in [1.82, 2.24) is 16.0 Å². The second-order valence-electron chi connectivity index (χ2n) is 8.47. The smallest absolute Gasteiger partial charge is 0.254 e. The fourth-order valence-electron chi connectivity index (χ4n) is 3.83. The number of rotatable bonds is 8. The third kappa shape index (κ3) is 5.28. The summed E-state index contributed by atoms with van der Waals surface area (Å²) in [5.74, 6) is 1.21. The Balaban J connectivity index is 1.49. The van der Waals surface area contributed by atoms with E-state index in [1.807, 2.05) is 6.92 Å². The van der Waals surface area contributed by atoms with E-state index in [0.29, 0.717) is 22.5 Å². The molecule has 0 aliphatic heterocycles. The van der Waals surface area contributed by atoms with Crippen molar-refractivity contribution in [2.75, 3.05) is 25.0 Å². The molecule has 2 fully saturated rings. The van der Waals surface area contributed by atoms with Crippen molar-refractivity contribution in [1.29, 1.82) is 0 Å². The molecule has 2 amide bonds. The highest BCUT2D eigenvalue weighted by atomic mass is 32.1. The molecule has 2 saturated carbocycles. The molecule has 0 radical (unpaired) electrons. The zero-order valence-electron chi connectivity index (χ0n) is 16.9. The van der Waals surface area contributed by atoms with Crippen molar-refractivity contribution in [2.45, 2.75) is 51.9 Å². The van der Waals surface area contributed by atoms with E-state index in [1.54, 1.807) is 11.3 Å². The van der Waals surface area contributed by atoms with Gasteiger partial charge in [0.25, 0.3) is 5.91 Å². The van der Waals surface area contributed by atoms with Gasteiger partial charge in [-0.3, -0.25) is 9.59 Å². The predicted molar refractivity (Wildman–Crippen MR) is 121 cm³/mol. The third-order valence-corrected chi connectivity index (χ3v) is 7.41. The molecule has 0 bridgehead atoms. The minimum absolute atomic E-state index is 0.0303. The lowest BCUT2D eigenvalue weighted by Gasteiger charge is -2.24. The van der Waals surface area contributed by atoms with Crippen LogP contribution in [-0.2, 0) is 17.6 Å². The van der Waals surface area contributed by atoms with Gasteiger partial charge in [-0.2, -0.15) is 0 Å². The average Bonchev–Trinajstić information content (AvgIpc) is 3.60. The molecular weight excluding hydrogens is 404 g/mol. The van der Waals surface area contributed by atoms with Crippen molar-refractivity contribution >= 4 is 45.5 Å². The van der Waals surface area contributed by atoms with Crippen molar-refractivity contribution in [3.05, 3.63) is 16.0 Å². The van der Waals surface area contributed by atoms with Crippen LogP contribution in [0.25, 0.3) is 0 Å². The van der Waals surface area contributed by atoms with E-state index >= 15 is 0 Å². The summed E-state index contributed by atoms with van der Waals surface area (Å²) in [5, 5.41) is 14.0. The van der Waals surface area contributed by atoms with E-state index in [0.717, 1.165) is 62.3 Å². The summed E-state index contributed by atoms with van der Waals surface area (Å²) in [6.07, 6.45) is 7.18. The molecule has 1 heterocycles. The van der Waals surface area contributed by atoms with Crippen molar-refractivity contribution in [3.63, 3.8) is 0 Å². The summed E-state index contributed by atoms with van der Waals surface area (Å²) in [6, 6.07) is 0. The summed E-state index contributed by atoms with van der Waals surface area (Å²) in [5.41, 5.74) is 1.83. The molecule has 1 atom stereocenters. The van der Waals surface area contributed by atoms with Crippen LogP contribution in [-0.4, -0.2) is 36.6 Å². The van der Waals surface area contributed by atoms with Gasteiger partial charge in [-0.05, 0) is 81.5 Å². The number of anilines is 1. The Morgan fingerprint density at radius 2 is 1.79 bits per heavy atom. The largest absolute Gasteiger partial charge is 0.363 e. The van der Waals surface area contributed by atoms with E-state index in [4.69, 9.17) is 12.2 Å². The third-order valence-electron chi connectivity index (χ3n) is 5.91. The lowest BCUT2D eigenvalue weighted by Crippen LogP contribution is -2.39. The van der Waals surface area contributed by atoms with Gasteiger partial charge in [-0.15, -0.1) is 11.3 Å². The predicted octanol–water partition coefficient (Wildman–Crippen LogP) is 2.83. The molecule has 1 aromatic rings. The second-order valence-corrected chi connectivity index (χ2v) is 9.99. The van der Waals surface area contributed by atoms with Crippen LogP contribution in [0, 0.1) is 17.8 Å². The molecule has 0 spiro atoms. The number of thiophene rings is 1. The van der Waals surface area contributed by atoms with E-state index in [9.17, 15) is 9.59 Å². The van der Waals surface area contributed by atoms with Gasteiger partial charge in [-0.25, -0.2) is 0 Å². The Hall–Kier alpha value is -1.67. The Labute approximate surface area is 181 Å². The Kier molecular flexibility index (Phi) is 6.39. The lowest BCUT2D eigenvalue weighted by atomic mass is 9.86. The number of hydrogen-bond donors (Lipinski definition) is 4. The van der Waals surface area contributed by atoms with Gasteiger partial charge in [0.05, 0.1) is 5.56 Å². The van der Waals surface area contributed by atoms with E-state index in [2.05, 4.69) is 21.3 Å². The van der Waals surface area contributed by atoms with Gasteiger partial charge in [0.1, 0.15) is 5.00 Å². The number of carbonyl (C=O) groups is 2. The first-order chi connectivity index (χ1) is 14.0. The number of thiocarbonyl (C=S) groups is 1. The van der Waals surface area contributed by atoms with E-state index in [-0.39, 0.29) is 17.7 Å². The zero-order chi connectivity index (χ0) is 20.4. The van der Waals surface area contributed by atoms with E-state index < -0.39 is 0 Å². The normalized spacial score (nSPS) is 20.5. The minimum atomic E-state index is -0.0303. The van der Waals surface area contributed by atoms with Crippen LogP contribution >= 0.6 is 23.6 Å². The van der Waals surface area contributed by atoms with E-state index in [1.165, 1.54) is 17.7 Å². The molecule has 4 rings (SSSR count). The Morgan fingerprint density at radius 3 is 2.48 bits per heavy atom. The molecule has 158 valence electrons. The molecule has 1 unspecified atom stereocenters. The zero-order valence-corrected chi connectivity index (χ0v) is 18.6. The lowest BCUT2D eigenvalue weighted by molar-refractivity contribution is -0.117. The Bertz CT molecular complexity index is 799. The topological polar surface area (TPSA) is 82.3 Å². The van der Waals surface area contributed by atoms with Crippen molar-refractivity contribution in [2.24, 2.45) is 17.8 Å². The molecule has 0 aromatic carbocycles. The maximum atomic E-state index is 13.1. The summed E-state index contributed by atoms with van der Waals surface area (Å²) < 4.78 is 0. The summed E-state index contributed by atoms with van der Waals surface area (Å²) >= 11 is 6.88. The number of fused-ring (bicyclic) bond motifs is 1. The van der Waals surface area contributed by atoms with Crippen LogP contribution in [0.2, 0.25) is 0 Å². The highest BCUT2D eigenvalue weighted by molar-refractivity contribution is 7.80. The van der Waals surface area contributed by atoms with Crippen molar-refractivity contribution < 1.29 is 9.59 Å². The number of carbonyl (C=O) groups excluding carboxylic acids is 2. The van der Waals surface area contributed by atoms with Crippen molar-refractivity contribution in [3.8, 4) is 0 Å². The van der Waals surface area contributed by atoms with Gasteiger partial charge in [-0.1, -0.05) is 0 Å². The summed E-state index contributed by atoms with van der Waals surface area (Å²) in [7, 11) is 0. The van der Waals surface area contributed by atoms with Gasteiger partial charge in [0.2, 0.25) is 5.91 Å². The van der Waals surface area contributed by atoms with Gasteiger partial charge in [0.15, 0.2) is 5.11 Å². The fraction of sp³-hybridized carbons (Fsp3) is 0.667. The molecule has 6 nitrogen and oxygen atoms in total. The molecule has 8 heteroatoms. The molecule has 1 aromatic heterocycles. The summed E-state index contributed by atoms with van der Waals surface area (Å²) in [6.45, 7) is 4.37. The minimum Gasteiger partial charge on any atom is -0.363 e. The molecule has 4 N–H and O–H groups in total. The highest BCUT2D eigenvalue weighted by Crippen LogP contribution is 2.41. The first-order valence-electron chi connectivity index (χ1n) is 10.8. The van der Waals surface area contributed by atoms with Gasteiger partial charge in [0, 0.05) is 30.4 Å². The second kappa shape index (κ2) is 9.00. The first kappa shape index (κ1) is 20.6. The molecule has 29 heavy (non-hydrogen) atoms. The molecule has 0 saturated heterocycles. The quantitative estimate of drug-likeness (QED) is 0.473. The maximum Gasteiger partial charge on any atom is 0.254 e. The monoisotopic (exact) mass is 434 g/mol. The van der Waals surface area contributed by atoms with Crippen LogP contribution in [0.4, 0.5) is 5.00 Å². The SMILES string of the molecule is CCNC(=S)NCC1CCc2sc(NC(=O)C3CC3)c(C(=O)NCC3CC3)c2C1. The number of aryl methyl sites for hydroxylation is 1. The molecular formula is C21H30N4O2S2. The highest BCUT2D eigenvalue weighted by Gasteiger charge is 2.34. The summed E-state index contributed by atoms with van der Waals surface area (Å²) in [4.78, 5) is 26.7. The van der Waals surface area contributed by atoms with Gasteiger partial charge >= 0.3 is 0 Å². The standard InChI is InChI=1S/C21H30N4O2S2/c1-2-22-21(28)24-11-13-5-8-16-15(9-13)17(19(27)23-10-12-3-4-12)20(29-16)25-18(26)14-6-7-14/h12-14H,2-11H2,1H3,(H,23,27)(H,25,26)(H2,22,24,28). The number of nitrogens with one attached hydrogen (secondary N) is 4. The van der Waals surface area contributed by atoms with Crippen LogP contribution in [0.15, 0.2) is 0 Å².